The number of nitrogens with one attached hydrogen (secondary N) is 1. The van der Waals surface area contributed by atoms with Gasteiger partial charge in [-0.2, -0.15) is 10.1 Å². The molecule has 114 valence electrons. The van der Waals surface area contributed by atoms with Gasteiger partial charge in [0, 0.05) is 17.8 Å². The number of ether oxygens (including phenoxy) is 1. The molecule has 0 bridgehead atoms. The molecule has 0 atom stereocenters. The van der Waals surface area contributed by atoms with Crippen molar-refractivity contribution in [1.82, 2.24) is 24.6 Å². The number of carboxylic acid groups (broad SMARTS) is 1. The molecule has 23 heavy (non-hydrogen) atoms. The Kier molecular flexibility index (Phi) is 2.77. The standard InChI is InChI=1S/C15H11N5O3/c1-8-11(15(21)22)6-20-12(8)14(18-7-19-20)23-10-4-9-2-3-16-13(9)17-5-10/h2-7H,1H3,(H,16,17)(H,21,22). The molecular weight excluding hydrogens is 298 g/mol. The van der Waals surface area contributed by atoms with Gasteiger partial charge in [0.05, 0.1) is 11.8 Å². The molecule has 0 saturated heterocycles. The van der Waals surface area contributed by atoms with E-state index in [1.165, 1.54) is 17.0 Å². The van der Waals surface area contributed by atoms with E-state index in [2.05, 4.69) is 20.1 Å². The number of fused-ring (bicyclic) bond motifs is 2. The highest BCUT2D eigenvalue weighted by Crippen LogP contribution is 2.29. The number of hydrogen-bond acceptors (Lipinski definition) is 5. The molecule has 0 aliphatic heterocycles. The lowest BCUT2D eigenvalue weighted by atomic mass is 10.2. The number of aryl methyl sites for hydroxylation is 1. The second-order valence-corrected chi connectivity index (χ2v) is 5.02. The van der Waals surface area contributed by atoms with Gasteiger partial charge in [0.2, 0.25) is 5.88 Å². The summed E-state index contributed by atoms with van der Waals surface area (Å²) in [6, 6.07) is 3.71. The predicted octanol–water partition coefficient (Wildman–Crippen LogP) is 2.40. The summed E-state index contributed by atoms with van der Waals surface area (Å²) in [4.78, 5) is 22.6. The first-order valence-corrected chi connectivity index (χ1v) is 6.80. The van der Waals surface area contributed by atoms with Gasteiger partial charge < -0.3 is 14.8 Å². The highest BCUT2D eigenvalue weighted by molar-refractivity contribution is 5.92. The van der Waals surface area contributed by atoms with Crippen molar-refractivity contribution in [1.29, 1.82) is 0 Å². The summed E-state index contributed by atoms with van der Waals surface area (Å²) >= 11 is 0. The summed E-state index contributed by atoms with van der Waals surface area (Å²) in [5.74, 6) is -0.230. The number of aromatic carboxylic acids is 1. The third-order valence-electron chi connectivity index (χ3n) is 3.61. The monoisotopic (exact) mass is 309 g/mol. The fraction of sp³-hybridized carbons (Fsp3) is 0.0667. The Morgan fingerprint density at radius 2 is 2.26 bits per heavy atom. The summed E-state index contributed by atoms with van der Waals surface area (Å²) in [5.41, 5.74) is 1.98. The number of aromatic nitrogens is 5. The van der Waals surface area contributed by atoms with Gasteiger partial charge >= 0.3 is 5.97 Å². The van der Waals surface area contributed by atoms with Crippen molar-refractivity contribution in [3.05, 3.63) is 48.2 Å². The topological polar surface area (TPSA) is 105 Å². The molecule has 4 aromatic heterocycles. The lowest BCUT2D eigenvalue weighted by molar-refractivity contribution is 0.0696. The average molecular weight is 309 g/mol. The smallest absolute Gasteiger partial charge is 0.337 e. The molecule has 8 heteroatoms. The molecule has 0 amide bonds. The van der Waals surface area contributed by atoms with Gasteiger partial charge in [-0.3, -0.25) is 0 Å². The number of rotatable bonds is 3. The van der Waals surface area contributed by atoms with Crippen molar-refractivity contribution >= 4 is 22.5 Å². The van der Waals surface area contributed by atoms with Crippen molar-refractivity contribution in [2.75, 3.05) is 0 Å². The van der Waals surface area contributed by atoms with Gasteiger partial charge in [0.15, 0.2) is 0 Å². The lowest BCUT2D eigenvalue weighted by Crippen LogP contribution is -1.97. The van der Waals surface area contributed by atoms with Crippen LogP contribution in [0.1, 0.15) is 15.9 Å². The summed E-state index contributed by atoms with van der Waals surface area (Å²) in [6.45, 7) is 1.70. The number of carboxylic acids is 1. The van der Waals surface area contributed by atoms with E-state index in [0.717, 1.165) is 11.0 Å². The molecule has 8 nitrogen and oxygen atoms in total. The maximum absolute atomic E-state index is 11.3. The molecule has 0 aliphatic carbocycles. The fourth-order valence-corrected chi connectivity index (χ4v) is 2.50. The highest BCUT2D eigenvalue weighted by Gasteiger charge is 2.18. The van der Waals surface area contributed by atoms with E-state index in [0.29, 0.717) is 16.8 Å². The van der Waals surface area contributed by atoms with Crippen molar-refractivity contribution in [2.24, 2.45) is 0 Å². The van der Waals surface area contributed by atoms with Crippen LogP contribution in [0, 0.1) is 6.92 Å². The second kappa shape index (κ2) is 4.80. The molecule has 4 rings (SSSR count). The van der Waals surface area contributed by atoms with Crippen LogP contribution in [0.3, 0.4) is 0 Å². The van der Waals surface area contributed by atoms with Crippen LogP contribution in [0.5, 0.6) is 11.6 Å². The SMILES string of the molecule is Cc1c(C(=O)O)cn2ncnc(Oc3cnc4[nH]ccc4c3)c12. The van der Waals surface area contributed by atoms with E-state index in [1.807, 2.05) is 12.1 Å². The zero-order valence-electron chi connectivity index (χ0n) is 12.0. The average Bonchev–Trinajstić information content (AvgIpc) is 3.12. The molecule has 0 unspecified atom stereocenters. The van der Waals surface area contributed by atoms with Gasteiger partial charge in [-0.25, -0.2) is 14.3 Å². The van der Waals surface area contributed by atoms with Gasteiger partial charge in [0.25, 0.3) is 0 Å². The fourth-order valence-electron chi connectivity index (χ4n) is 2.50. The van der Waals surface area contributed by atoms with Crippen molar-refractivity contribution in [2.45, 2.75) is 6.92 Å². The highest BCUT2D eigenvalue weighted by atomic mass is 16.5. The summed E-state index contributed by atoms with van der Waals surface area (Å²) in [7, 11) is 0. The number of hydrogen-bond donors (Lipinski definition) is 2. The van der Waals surface area contributed by atoms with Crippen LogP contribution < -0.4 is 4.74 Å². The quantitative estimate of drug-likeness (QED) is 0.602. The van der Waals surface area contributed by atoms with E-state index in [-0.39, 0.29) is 11.4 Å². The Hall–Kier alpha value is -3.42. The van der Waals surface area contributed by atoms with Gasteiger partial charge in [-0.05, 0) is 24.6 Å². The summed E-state index contributed by atoms with van der Waals surface area (Å²) in [5, 5.41) is 14.2. The molecule has 2 N–H and O–H groups in total. The van der Waals surface area contributed by atoms with Crippen LogP contribution in [0.2, 0.25) is 0 Å². The molecule has 0 spiro atoms. The van der Waals surface area contributed by atoms with Crippen molar-refractivity contribution < 1.29 is 14.6 Å². The number of carbonyl (C=O) groups is 1. The third-order valence-corrected chi connectivity index (χ3v) is 3.61. The first kappa shape index (κ1) is 13.3. The number of H-pyrrole nitrogens is 1. The van der Waals surface area contributed by atoms with E-state index in [1.54, 1.807) is 19.3 Å². The Morgan fingerprint density at radius 3 is 3.09 bits per heavy atom. The molecule has 4 aromatic rings. The maximum Gasteiger partial charge on any atom is 0.337 e. The molecule has 0 aromatic carbocycles. The first-order valence-electron chi connectivity index (χ1n) is 6.80. The molecule has 0 saturated carbocycles. The number of nitrogens with zero attached hydrogens (tertiary/aromatic N) is 4. The summed E-state index contributed by atoms with van der Waals surface area (Å²) < 4.78 is 7.25. The van der Waals surface area contributed by atoms with Crippen LogP contribution in [0.25, 0.3) is 16.6 Å². The second-order valence-electron chi connectivity index (χ2n) is 5.02. The third kappa shape index (κ3) is 2.08. The molecule has 4 heterocycles. The largest absolute Gasteiger partial charge is 0.478 e. The van der Waals surface area contributed by atoms with Crippen molar-refractivity contribution in [3.63, 3.8) is 0 Å². The normalized spacial score (nSPS) is 11.2. The van der Waals surface area contributed by atoms with Crippen LogP contribution in [0.15, 0.2) is 37.1 Å². The zero-order chi connectivity index (χ0) is 16.0. The van der Waals surface area contributed by atoms with Crippen molar-refractivity contribution in [3.8, 4) is 11.6 Å². The van der Waals surface area contributed by atoms with E-state index >= 15 is 0 Å². The molecule has 0 aliphatic rings. The minimum atomic E-state index is -1.02. The van der Waals surface area contributed by atoms with Crippen LogP contribution in [-0.4, -0.2) is 35.6 Å². The Morgan fingerprint density at radius 1 is 1.39 bits per heavy atom. The van der Waals surface area contributed by atoms with Crippen LogP contribution in [0.4, 0.5) is 0 Å². The van der Waals surface area contributed by atoms with Crippen LogP contribution >= 0.6 is 0 Å². The lowest BCUT2D eigenvalue weighted by Gasteiger charge is -2.06. The zero-order valence-corrected chi connectivity index (χ0v) is 12.0. The minimum Gasteiger partial charge on any atom is -0.478 e. The van der Waals surface area contributed by atoms with E-state index in [9.17, 15) is 9.90 Å². The molecule has 0 fully saturated rings. The predicted molar refractivity (Wildman–Crippen MR) is 80.9 cm³/mol. The van der Waals surface area contributed by atoms with E-state index < -0.39 is 5.97 Å². The van der Waals surface area contributed by atoms with Gasteiger partial charge in [0.1, 0.15) is 23.2 Å². The van der Waals surface area contributed by atoms with Gasteiger partial charge in [-0.15, -0.1) is 0 Å². The minimum absolute atomic E-state index is 0.162. The maximum atomic E-state index is 11.3. The number of aromatic amines is 1. The number of pyridine rings is 1. The van der Waals surface area contributed by atoms with E-state index in [4.69, 9.17) is 4.74 Å². The Balaban J connectivity index is 1.83. The summed E-state index contributed by atoms with van der Waals surface area (Å²) in [6.07, 6.45) is 6.12. The molecule has 0 radical (unpaired) electrons. The Labute approximate surface area is 129 Å². The van der Waals surface area contributed by atoms with Gasteiger partial charge in [-0.1, -0.05) is 0 Å². The Bertz CT molecular complexity index is 1050. The molecular formula is C15H11N5O3. The first-order chi connectivity index (χ1) is 11.1. The van der Waals surface area contributed by atoms with Crippen LogP contribution in [-0.2, 0) is 0 Å².